The lowest BCUT2D eigenvalue weighted by Crippen LogP contribution is -2.26. The first-order valence-electron chi connectivity index (χ1n) is 7.32. The summed E-state index contributed by atoms with van der Waals surface area (Å²) in [6.45, 7) is 8.14. The Morgan fingerprint density at radius 3 is 2.76 bits per heavy atom. The van der Waals surface area contributed by atoms with Gasteiger partial charge in [0.15, 0.2) is 0 Å². The Morgan fingerprint density at radius 1 is 1.29 bits per heavy atom. The molecule has 3 N–H and O–H groups in total. The van der Waals surface area contributed by atoms with Crippen LogP contribution in [0.1, 0.15) is 32.1 Å². The van der Waals surface area contributed by atoms with Crippen molar-refractivity contribution in [2.75, 3.05) is 24.2 Å². The third-order valence-electron chi connectivity index (χ3n) is 3.32. The molecule has 0 saturated heterocycles. The largest absolute Gasteiger partial charge is 0.493 e. The van der Waals surface area contributed by atoms with Crippen LogP contribution in [0.2, 0.25) is 0 Å². The highest BCUT2D eigenvalue weighted by Crippen LogP contribution is 2.29. The minimum Gasteiger partial charge on any atom is -0.493 e. The van der Waals surface area contributed by atoms with Crippen LogP contribution in [0.4, 0.5) is 11.4 Å². The number of ether oxygens (including phenoxy) is 1. The molecule has 4 heteroatoms. The minimum atomic E-state index is 0.0865. The number of nitrogen functional groups attached to an aromatic ring is 1. The second kappa shape index (κ2) is 6.85. The predicted molar refractivity (Wildman–Crippen MR) is 92.5 cm³/mol. The van der Waals surface area contributed by atoms with Crippen LogP contribution in [-0.4, -0.2) is 13.2 Å². The Kier molecular flexibility index (Phi) is 5.12. The molecule has 0 bridgehead atoms. The maximum Gasteiger partial charge on any atom is 0.123 e. The molecular weight excluding hydrogens is 280 g/mol. The number of thiophene rings is 1. The first-order chi connectivity index (χ1) is 10.0. The first kappa shape index (κ1) is 15.7. The quantitative estimate of drug-likeness (QED) is 0.740. The van der Waals surface area contributed by atoms with E-state index in [4.69, 9.17) is 10.5 Å². The van der Waals surface area contributed by atoms with Crippen LogP contribution >= 0.6 is 11.3 Å². The molecule has 0 aliphatic heterocycles. The van der Waals surface area contributed by atoms with Crippen molar-refractivity contribution < 1.29 is 4.74 Å². The van der Waals surface area contributed by atoms with Gasteiger partial charge in [0.1, 0.15) is 5.75 Å². The van der Waals surface area contributed by atoms with Gasteiger partial charge in [-0.1, -0.05) is 26.8 Å². The molecule has 0 saturated carbocycles. The average Bonchev–Trinajstić information content (AvgIpc) is 2.97. The van der Waals surface area contributed by atoms with Crippen LogP contribution in [0.3, 0.4) is 0 Å². The SMILES string of the molecule is CCCOc1cc(N)cc(NCC(C)(C)c2cccs2)c1. The topological polar surface area (TPSA) is 47.3 Å². The highest BCUT2D eigenvalue weighted by atomic mass is 32.1. The fraction of sp³-hybridized carbons (Fsp3) is 0.412. The van der Waals surface area contributed by atoms with Gasteiger partial charge in [0.25, 0.3) is 0 Å². The monoisotopic (exact) mass is 304 g/mol. The summed E-state index contributed by atoms with van der Waals surface area (Å²) in [6.07, 6.45) is 0.989. The van der Waals surface area contributed by atoms with Crippen molar-refractivity contribution in [3.05, 3.63) is 40.6 Å². The molecule has 0 aliphatic rings. The molecule has 1 aromatic carbocycles. The van der Waals surface area contributed by atoms with Gasteiger partial charge in [0.2, 0.25) is 0 Å². The molecule has 0 radical (unpaired) electrons. The molecule has 3 nitrogen and oxygen atoms in total. The van der Waals surface area contributed by atoms with Crippen molar-refractivity contribution in [2.24, 2.45) is 0 Å². The summed E-state index contributed by atoms with van der Waals surface area (Å²) >= 11 is 1.79. The lowest BCUT2D eigenvalue weighted by atomic mass is 9.91. The number of hydrogen-bond acceptors (Lipinski definition) is 4. The molecule has 0 spiro atoms. The summed E-state index contributed by atoms with van der Waals surface area (Å²) in [6, 6.07) is 10.1. The predicted octanol–water partition coefficient (Wildman–Crippen LogP) is 4.51. The molecule has 0 amide bonds. The van der Waals surface area contributed by atoms with Crippen molar-refractivity contribution in [3.63, 3.8) is 0 Å². The summed E-state index contributed by atoms with van der Waals surface area (Å²) in [4.78, 5) is 1.38. The maximum atomic E-state index is 5.95. The van der Waals surface area contributed by atoms with E-state index in [9.17, 15) is 0 Å². The third-order valence-corrected chi connectivity index (χ3v) is 4.56. The third kappa shape index (κ3) is 4.39. The number of hydrogen-bond donors (Lipinski definition) is 2. The van der Waals surface area contributed by atoms with Gasteiger partial charge in [0, 0.05) is 40.3 Å². The van der Waals surface area contributed by atoms with Crippen LogP contribution in [0.25, 0.3) is 0 Å². The maximum absolute atomic E-state index is 5.95. The summed E-state index contributed by atoms with van der Waals surface area (Å²) in [7, 11) is 0. The molecular formula is C17H24N2OS. The standard InChI is InChI=1S/C17H24N2OS/c1-4-7-20-15-10-13(18)9-14(11-15)19-12-17(2,3)16-6-5-8-21-16/h5-6,8-11,19H,4,7,12,18H2,1-3H3. The molecule has 21 heavy (non-hydrogen) atoms. The van der Waals surface area contributed by atoms with E-state index in [0.717, 1.165) is 30.1 Å². The van der Waals surface area contributed by atoms with E-state index in [1.807, 2.05) is 18.2 Å². The van der Waals surface area contributed by atoms with E-state index >= 15 is 0 Å². The molecule has 0 unspecified atom stereocenters. The van der Waals surface area contributed by atoms with Crippen molar-refractivity contribution in [2.45, 2.75) is 32.6 Å². The molecule has 2 aromatic rings. The van der Waals surface area contributed by atoms with Crippen molar-refractivity contribution in [1.29, 1.82) is 0 Å². The number of rotatable bonds is 7. The second-order valence-electron chi connectivity index (χ2n) is 5.85. The highest BCUT2D eigenvalue weighted by molar-refractivity contribution is 7.10. The number of anilines is 2. The average molecular weight is 304 g/mol. The van der Waals surface area contributed by atoms with Crippen LogP contribution in [0.15, 0.2) is 35.7 Å². The van der Waals surface area contributed by atoms with E-state index < -0.39 is 0 Å². The fourth-order valence-electron chi connectivity index (χ4n) is 2.10. The van der Waals surface area contributed by atoms with E-state index in [-0.39, 0.29) is 5.41 Å². The Bertz CT molecular complexity index is 564. The van der Waals surface area contributed by atoms with Gasteiger partial charge in [-0.15, -0.1) is 11.3 Å². The van der Waals surface area contributed by atoms with Gasteiger partial charge in [-0.05, 0) is 23.9 Å². The molecule has 0 atom stereocenters. The zero-order chi connectivity index (χ0) is 15.3. The van der Waals surface area contributed by atoms with E-state index in [2.05, 4.69) is 43.6 Å². The van der Waals surface area contributed by atoms with Crippen molar-refractivity contribution in [3.8, 4) is 5.75 Å². The molecule has 2 rings (SSSR count). The lowest BCUT2D eigenvalue weighted by molar-refractivity contribution is 0.318. The molecule has 114 valence electrons. The zero-order valence-corrected chi connectivity index (χ0v) is 13.8. The van der Waals surface area contributed by atoms with Crippen LogP contribution in [-0.2, 0) is 5.41 Å². The lowest BCUT2D eigenvalue weighted by Gasteiger charge is -2.24. The van der Waals surface area contributed by atoms with Crippen LogP contribution < -0.4 is 15.8 Å². The van der Waals surface area contributed by atoms with E-state index in [1.165, 1.54) is 4.88 Å². The molecule has 1 heterocycles. The van der Waals surface area contributed by atoms with Crippen molar-refractivity contribution in [1.82, 2.24) is 0 Å². The van der Waals surface area contributed by atoms with Gasteiger partial charge in [0.05, 0.1) is 6.61 Å². The van der Waals surface area contributed by atoms with Crippen LogP contribution in [0.5, 0.6) is 5.75 Å². The highest BCUT2D eigenvalue weighted by Gasteiger charge is 2.21. The summed E-state index contributed by atoms with van der Waals surface area (Å²) in [5, 5.41) is 5.60. The Labute approximate surface area is 131 Å². The Hall–Kier alpha value is -1.68. The second-order valence-corrected chi connectivity index (χ2v) is 6.80. The summed E-state index contributed by atoms with van der Waals surface area (Å²) in [5.74, 6) is 0.827. The van der Waals surface area contributed by atoms with Gasteiger partial charge >= 0.3 is 0 Å². The minimum absolute atomic E-state index is 0.0865. The van der Waals surface area contributed by atoms with Gasteiger partial charge in [-0.25, -0.2) is 0 Å². The zero-order valence-electron chi connectivity index (χ0n) is 13.0. The summed E-state index contributed by atoms with van der Waals surface area (Å²) in [5.41, 5.74) is 7.76. The normalized spacial score (nSPS) is 11.4. The first-order valence-corrected chi connectivity index (χ1v) is 8.20. The molecule has 0 aliphatic carbocycles. The Morgan fingerprint density at radius 2 is 2.10 bits per heavy atom. The van der Waals surface area contributed by atoms with Gasteiger partial charge in [-0.3, -0.25) is 0 Å². The number of benzene rings is 1. The van der Waals surface area contributed by atoms with Crippen LogP contribution in [0, 0.1) is 0 Å². The van der Waals surface area contributed by atoms with E-state index in [1.54, 1.807) is 11.3 Å². The summed E-state index contributed by atoms with van der Waals surface area (Å²) < 4.78 is 5.66. The Balaban J connectivity index is 2.04. The number of nitrogens with two attached hydrogens (primary N) is 1. The number of nitrogens with one attached hydrogen (secondary N) is 1. The van der Waals surface area contributed by atoms with Crippen molar-refractivity contribution >= 4 is 22.7 Å². The molecule has 1 aromatic heterocycles. The fourth-order valence-corrected chi connectivity index (χ4v) is 2.95. The van der Waals surface area contributed by atoms with Gasteiger partial charge < -0.3 is 15.8 Å². The molecule has 0 fully saturated rings. The smallest absolute Gasteiger partial charge is 0.123 e. The van der Waals surface area contributed by atoms with Gasteiger partial charge in [-0.2, -0.15) is 0 Å². The van der Waals surface area contributed by atoms with E-state index in [0.29, 0.717) is 6.61 Å².